The van der Waals surface area contributed by atoms with Gasteiger partial charge in [-0.3, -0.25) is 4.79 Å². The van der Waals surface area contributed by atoms with Gasteiger partial charge in [-0.15, -0.1) is 10.2 Å². The molecule has 5 heteroatoms. The van der Waals surface area contributed by atoms with Crippen molar-refractivity contribution < 1.29 is 9.21 Å². The Labute approximate surface area is 142 Å². The van der Waals surface area contributed by atoms with Gasteiger partial charge in [0.15, 0.2) is 0 Å². The number of aromatic nitrogens is 2. The van der Waals surface area contributed by atoms with Gasteiger partial charge in [0, 0.05) is 31.5 Å². The van der Waals surface area contributed by atoms with Gasteiger partial charge in [-0.2, -0.15) is 0 Å². The van der Waals surface area contributed by atoms with Gasteiger partial charge in [-0.25, -0.2) is 0 Å². The van der Waals surface area contributed by atoms with E-state index in [-0.39, 0.29) is 11.8 Å². The zero-order valence-corrected chi connectivity index (χ0v) is 14.2. The summed E-state index contributed by atoms with van der Waals surface area (Å²) in [5.74, 6) is 1.71. The van der Waals surface area contributed by atoms with Crippen LogP contribution in [0.2, 0.25) is 0 Å². The molecule has 24 heavy (non-hydrogen) atoms. The van der Waals surface area contributed by atoms with Crippen LogP contribution >= 0.6 is 0 Å². The van der Waals surface area contributed by atoms with Crippen molar-refractivity contribution in [2.75, 3.05) is 13.1 Å². The van der Waals surface area contributed by atoms with E-state index in [0.717, 1.165) is 43.5 Å². The number of benzene rings is 1. The van der Waals surface area contributed by atoms with Gasteiger partial charge in [0.05, 0.1) is 0 Å². The Balaban J connectivity index is 1.64. The lowest BCUT2D eigenvalue weighted by atomic mass is 9.96. The molecule has 0 saturated carbocycles. The standard InChI is InChI=1S/C19H23N3O2/c1-3-16(13-15-7-5-4-6-8-15)19(23)22-11-9-17(10-12-22)18-21-20-14(2)24-18/h4-8,13,17H,3,9-12H2,1-2H3/b16-13+. The fraction of sp³-hybridized carbons (Fsp3) is 0.421. The highest BCUT2D eigenvalue weighted by Gasteiger charge is 2.27. The van der Waals surface area contributed by atoms with E-state index in [4.69, 9.17) is 4.42 Å². The van der Waals surface area contributed by atoms with Crippen molar-refractivity contribution in [3.8, 4) is 0 Å². The van der Waals surface area contributed by atoms with Crippen molar-refractivity contribution >= 4 is 12.0 Å². The molecular weight excluding hydrogens is 302 g/mol. The molecule has 1 saturated heterocycles. The Morgan fingerprint density at radius 1 is 1.25 bits per heavy atom. The molecule has 2 aromatic rings. The fourth-order valence-electron chi connectivity index (χ4n) is 3.07. The molecule has 126 valence electrons. The third kappa shape index (κ3) is 3.72. The molecule has 1 amide bonds. The van der Waals surface area contributed by atoms with E-state index in [1.54, 1.807) is 6.92 Å². The number of piperidine rings is 1. The zero-order valence-electron chi connectivity index (χ0n) is 14.2. The summed E-state index contributed by atoms with van der Waals surface area (Å²) in [4.78, 5) is 14.7. The van der Waals surface area contributed by atoms with Gasteiger partial charge in [-0.05, 0) is 30.9 Å². The van der Waals surface area contributed by atoms with E-state index in [1.165, 1.54) is 0 Å². The summed E-state index contributed by atoms with van der Waals surface area (Å²) in [5.41, 5.74) is 1.92. The van der Waals surface area contributed by atoms with Crippen LogP contribution in [0.4, 0.5) is 0 Å². The van der Waals surface area contributed by atoms with Gasteiger partial charge >= 0.3 is 0 Å². The first-order chi connectivity index (χ1) is 11.7. The van der Waals surface area contributed by atoms with Crippen LogP contribution in [0.15, 0.2) is 40.3 Å². The Bertz CT molecular complexity index is 713. The van der Waals surface area contributed by atoms with Gasteiger partial charge in [0.2, 0.25) is 17.7 Å². The molecule has 1 aromatic heterocycles. The molecule has 0 N–H and O–H groups in total. The fourth-order valence-corrected chi connectivity index (χ4v) is 3.07. The molecule has 5 nitrogen and oxygen atoms in total. The largest absolute Gasteiger partial charge is 0.425 e. The summed E-state index contributed by atoms with van der Waals surface area (Å²) in [6.07, 6.45) is 4.47. The predicted molar refractivity (Wildman–Crippen MR) is 92.3 cm³/mol. The Morgan fingerprint density at radius 3 is 2.54 bits per heavy atom. The third-order valence-corrected chi connectivity index (χ3v) is 4.47. The van der Waals surface area contributed by atoms with E-state index in [1.807, 2.05) is 48.2 Å². The smallest absolute Gasteiger partial charge is 0.249 e. The zero-order chi connectivity index (χ0) is 16.9. The molecule has 1 fully saturated rings. The lowest BCUT2D eigenvalue weighted by Gasteiger charge is -2.31. The molecule has 0 atom stereocenters. The molecule has 0 radical (unpaired) electrons. The number of amides is 1. The third-order valence-electron chi connectivity index (χ3n) is 4.47. The van der Waals surface area contributed by atoms with Crippen molar-refractivity contribution in [3.05, 3.63) is 53.2 Å². The van der Waals surface area contributed by atoms with Gasteiger partial charge in [-0.1, -0.05) is 37.3 Å². The highest BCUT2D eigenvalue weighted by Crippen LogP contribution is 2.28. The minimum atomic E-state index is 0.140. The molecule has 1 aromatic carbocycles. The van der Waals surface area contributed by atoms with Crippen LogP contribution in [-0.2, 0) is 4.79 Å². The van der Waals surface area contributed by atoms with Crippen LogP contribution in [0.1, 0.15) is 49.4 Å². The average Bonchev–Trinajstić information content (AvgIpc) is 3.06. The first kappa shape index (κ1) is 16.4. The Morgan fingerprint density at radius 2 is 1.96 bits per heavy atom. The van der Waals surface area contributed by atoms with Crippen LogP contribution in [0, 0.1) is 6.92 Å². The highest BCUT2D eigenvalue weighted by atomic mass is 16.4. The molecule has 1 aliphatic heterocycles. The summed E-state index contributed by atoms with van der Waals surface area (Å²) in [5, 5.41) is 8.01. The molecule has 2 heterocycles. The normalized spacial score (nSPS) is 16.4. The summed E-state index contributed by atoms with van der Waals surface area (Å²) >= 11 is 0. The lowest BCUT2D eigenvalue weighted by Crippen LogP contribution is -2.38. The summed E-state index contributed by atoms with van der Waals surface area (Å²) < 4.78 is 5.53. The van der Waals surface area contributed by atoms with Crippen LogP contribution < -0.4 is 0 Å². The number of likely N-dealkylation sites (tertiary alicyclic amines) is 1. The number of aryl methyl sites for hydroxylation is 1. The van der Waals surface area contributed by atoms with Gasteiger partial charge in [0.25, 0.3) is 0 Å². The second-order valence-corrected chi connectivity index (χ2v) is 6.16. The Kier molecular flexibility index (Phi) is 5.08. The quantitative estimate of drug-likeness (QED) is 0.806. The minimum absolute atomic E-state index is 0.140. The van der Waals surface area contributed by atoms with Crippen molar-refractivity contribution in [2.24, 2.45) is 0 Å². The molecule has 0 spiro atoms. The Hall–Kier alpha value is -2.43. The SMILES string of the molecule is CC/C(=C\c1ccccc1)C(=O)N1CCC(c2nnc(C)o2)CC1. The topological polar surface area (TPSA) is 59.2 Å². The number of nitrogens with zero attached hydrogens (tertiary/aromatic N) is 3. The maximum atomic E-state index is 12.8. The lowest BCUT2D eigenvalue weighted by molar-refractivity contribution is -0.128. The van der Waals surface area contributed by atoms with Crippen molar-refractivity contribution in [1.82, 2.24) is 15.1 Å². The molecule has 1 aliphatic rings. The number of carbonyl (C=O) groups excluding carboxylic acids is 1. The number of carbonyl (C=O) groups is 1. The predicted octanol–water partition coefficient (Wildman–Crippen LogP) is 3.58. The van der Waals surface area contributed by atoms with Crippen molar-refractivity contribution in [3.63, 3.8) is 0 Å². The molecule has 0 unspecified atom stereocenters. The summed E-state index contributed by atoms with van der Waals surface area (Å²) in [7, 11) is 0. The second-order valence-electron chi connectivity index (χ2n) is 6.16. The van der Waals surface area contributed by atoms with Gasteiger partial charge < -0.3 is 9.32 Å². The number of hydrogen-bond acceptors (Lipinski definition) is 4. The summed E-state index contributed by atoms with van der Waals surface area (Å²) in [6.45, 7) is 5.30. The number of hydrogen-bond donors (Lipinski definition) is 0. The van der Waals surface area contributed by atoms with Crippen molar-refractivity contribution in [2.45, 2.75) is 39.0 Å². The molecule has 3 rings (SSSR count). The van der Waals surface area contributed by atoms with Crippen LogP contribution in [0.25, 0.3) is 6.08 Å². The number of rotatable bonds is 4. The monoisotopic (exact) mass is 325 g/mol. The van der Waals surface area contributed by atoms with E-state index < -0.39 is 0 Å². The molecule has 0 bridgehead atoms. The molecule has 0 aliphatic carbocycles. The molecular formula is C19H23N3O2. The van der Waals surface area contributed by atoms with E-state index in [0.29, 0.717) is 11.8 Å². The van der Waals surface area contributed by atoms with E-state index in [9.17, 15) is 4.79 Å². The highest BCUT2D eigenvalue weighted by molar-refractivity contribution is 5.97. The van der Waals surface area contributed by atoms with Crippen LogP contribution in [0.5, 0.6) is 0 Å². The average molecular weight is 325 g/mol. The van der Waals surface area contributed by atoms with E-state index in [2.05, 4.69) is 10.2 Å². The van der Waals surface area contributed by atoms with Gasteiger partial charge in [0.1, 0.15) is 0 Å². The second kappa shape index (κ2) is 7.43. The first-order valence-corrected chi connectivity index (χ1v) is 8.52. The van der Waals surface area contributed by atoms with Crippen LogP contribution in [-0.4, -0.2) is 34.1 Å². The maximum Gasteiger partial charge on any atom is 0.249 e. The first-order valence-electron chi connectivity index (χ1n) is 8.52. The summed E-state index contributed by atoms with van der Waals surface area (Å²) in [6, 6.07) is 10.00. The van der Waals surface area contributed by atoms with E-state index >= 15 is 0 Å². The maximum absolute atomic E-state index is 12.8. The minimum Gasteiger partial charge on any atom is -0.425 e. The van der Waals surface area contributed by atoms with Crippen molar-refractivity contribution in [1.29, 1.82) is 0 Å². The van der Waals surface area contributed by atoms with Crippen LogP contribution in [0.3, 0.4) is 0 Å².